The largest absolute Gasteiger partial charge is 0.481 e. The summed E-state index contributed by atoms with van der Waals surface area (Å²) in [6.07, 6.45) is 2.41. The number of carbonyl (C=O) groups is 2. The molecule has 0 saturated carbocycles. The Kier molecular flexibility index (Phi) is 3.84. The van der Waals surface area contributed by atoms with Crippen LogP contribution in [0, 0.1) is 6.92 Å². The molecule has 1 N–H and O–H groups in total. The Morgan fingerprint density at radius 2 is 2.00 bits per heavy atom. The summed E-state index contributed by atoms with van der Waals surface area (Å²) in [4.78, 5) is 24.2. The number of ketones is 1. The van der Waals surface area contributed by atoms with Crippen molar-refractivity contribution in [1.82, 2.24) is 4.57 Å². The molecule has 1 aromatic heterocycles. The second-order valence-electron chi connectivity index (χ2n) is 5.88. The van der Waals surface area contributed by atoms with Crippen LogP contribution in [0.2, 0.25) is 0 Å². The van der Waals surface area contributed by atoms with Crippen LogP contribution in [0.3, 0.4) is 0 Å². The van der Waals surface area contributed by atoms with Gasteiger partial charge in [0, 0.05) is 17.8 Å². The molecule has 1 aromatic carbocycles. The minimum Gasteiger partial charge on any atom is -0.481 e. The molecular weight excluding hydrogens is 278 g/mol. The van der Waals surface area contributed by atoms with Crippen LogP contribution < -0.4 is 0 Å². The molecule has 0 bridgehead atoms. The Labute approximate surface area is 129 Å². The molecule has 1 aliphatic heterocycles. The first-order chi connectivity index (χ1) is 10.6. The maximum atomic E-state index is 12.8. The number of hydrogen-bond acceptors (Lipinski definition) is 2. The molecule has 1 aliphatic rings. The van der Waals surface area contributed by atoms with Crippen molar-refractivity contribution in [2.24, 2.45) is 0 Å². The minimum atomic E-state index is -0.809. The molecule has 22 heavy (non-hydrogen) atoms. The fourth-order valence-corrected chi connectivity index (χ4v) is 3.19. The molecule has 0 spiro atoms. The fraction of sp³-hybridized carbons (Fsp3) is 0.333. The molecule has 114 valence electrons. The minimum absolute atomic E-state index is 0.0408. The van der Waals surface area contributed by atoms with Gasteiger partial charge in [-0.05, 0) is 38.0 Å². The summed E-state index contributed by atoms with van der Waals surface area (Å²) in [5.74, 6) is -1.36. The number of rotatable bonds is 3. The van der Waals surface area contributed by atoms with Gasteiger partial charge in [0.25, 0.3) is 0 Å². The number of nitrogens with zero attached hydrogens (tertiary/aromatic N) is 1. The lowest BCUT2D eigenvalue weighted by Gasteiger charge is -2.13. The predicted octanol–water partition coefficient (Wildman–Crippen LogP) is 3.38. The maximum absolute atomic E-state index is 12.8. The Bertz CT molecular complexity index is 730. The van der Waals surface area contributed by atoms with E-state index in [-0.39, 0.29) is 5.78 Å². The molecule has 0 aliphatic carbocycles. The lowest BCUT2D eigenvalue weighted by Crippen LogP contribution is -2.16. The van der Waals surface area contributed by atoms with Crippen molar-refractivity contribution < 1.29 is 14.7 Å². The van der Waals surface area contributed by atoms with E-state index in [4.69, 9.17) is 0 Å². The van der Waals surface area contributed by atoms with E-state index in [2.05, 4.69) is 0 Å². The van der Waals surface area contributed by atoms with E-state index in [1.54, 1.807) is 18.2 Å². The summed E-state index contributed by atoms with van der Waals surface area (Å²) in [7, 11) is 0. The standard InChI is InChI=1S/C18H19NO3/c1-12-5-4-6-13(11-12)17(20)16-9-8-15-14(18(21)22)7-2-3-10-19(15)16/h4-6,8-9,11,14H,2-3,7,10H2,1H3,(H,21,22). The zero-order valence-corrected chi connectivity index (χ0v) is 12.6. The third-order valence-corrected chi connectivity index (χ3v) is 4.31. The first kappa shape index (κ1) is 14.6. The second kappa shape index (κ2) is 5.79. The topological polar surface area (TPSA) is 59.3 Å². The van der Waals surface area contributed by atoms with Crippen LogP contribution in [-0.4, -0.2) is 21.4 Å². The smallest absolute Gasteiger partial charge is 0.312 e. The number of carbonyl (C=O) groups excluding carboxylic acids is 1. The molecule has 2 heterocycles. The Morgan fingerprint density at radius 1 is 1.18 bits per heavy atom. The number of carboxylic acids is 1. The highest BCUT2D eigenvalue weighted by Crippen LogP contribution is 2.29. The highest BCUT2D eigenvalue weighted by molar-refractivity contribution is 6.08. The van der Waals surface area contributed by atoms with E-state index in [1.807, 2.05) is 29.7 Å². The summed E-state index contributed by atoms with van der Waals surface area (Å²) >= 11 is 0. The lowest BCUT2D eigenvalue weighted by molar-refractivity contribution is -0.139. The van der Waals surface area contributed by atoms with Gasteiger partial charge in [-0.3, -0.25) is 9.59 Å². The highest BCUT2D eigenvalue weighted by atomic mass is 16.4. The predicted molar refractivity (Wildman–Crippen MR) is 83.3 cm³/mol. The quantitative estimate of drug-likeness (QED) is 0.884. The average Bonchev–Trinajstić information content (AvgIpc) is 2.78. The van der Waals surface area contributed by atoms with Crippen LogP contribution in [0.25, 0.3) is 0 Å². The van der Waals surface area contributed by atoms with Gasteiger partial charge in [-0.2, -0.15) is 0 Å². The molecule has 2 aromatic rings. The number of aryl methyl sites for hydroxylation is 1. The monoisotopic (exact) mass is 297 g/mol. The molecule has 3 rings (SSSR count). The van der Waals surface area contributed by atoms with E-state index in [0.29, 0.717) is 24.2 Å². The van der Waals surface area contributed by atoms with Gasteiger partial charge in [0.2, 0.25) is 5.78 Å². The number of aromatic nitrogens is 1. The summed E-state index contributed by atoms with van der Waals surface area (Å²) in [5, 5.41) is 9.41. The first-order valence-electron chi connectivity index (χ1n) is 7.61. The molecule has 0 amide bonds. The van der Waals surface area contributed by atoms with Gasteiger partial charge in [-0.25, -0.2) is 0 Å². The number of carboxylic acid groups (broad SMARTS) is 1. The molecule has 0 saturated heterocycles. The number of aliphatic carboxylic acids is 1. The van der Waals surface area contributed by atoms with Crippen LogP contribution in [0.1, 0.15) is 52.5 Å². The van der Waals surface area contributed by atoms with E-state index in [1.165, 1.54) is 0 Å². The fourth-order valence-electron chi connectivity index (χ4n) is 3.19. The summed E-state index contributed by atoms with van der Waals surface area (Å²) < 4.78 is 1.90. The third-order valence-electron chi connectivity index (χ3n) is 4.31. The van der Waals surface area contributed by atoms with Gasteiger partial charge in [-0.1, -0.05) is 30.2 Å². The van der Waals surface area contributed by atoms with Gasteiger partial charge in [0.1, 0.15) is 0 Å². The van der Waals surface area contributed by atoms with Crippen molar-refractivity contribution in [3.05, 3.63) is 58.9 Å². The Balaban J connectivity index is 2.03. The van der Waals surface area contributed by atoms with Gasteiger partial charge in [-0.15, -0.1) is 0 Å². The normalized spacial score (nSPS) is 17.6. The van der Waals surface area contributed by atoms with Crippen LogP contribution in [0.5, 0.6) is 0 Å². The van der Waals surface area contributed by atoms with Crippen molar-refractivity contribution in [3.8, 4) is 0 Å². The van der Waals surface area contributed by atoms with Crippen molar-refractivity contribution >= 4 is 11.8 Å². The van der Waals surface area contributed by atoms with Crippen LogP contribution in [0.4, 0.5) is 0 Å². The van der Waals surface area contributed by atoms with Gasteiger partial charge < -0.3 is 9.67 Å². The second-order valence-corrected chi connectivity index (χ2v) is 5.88. The van der Waals surface area contributed by atoms with Gasteiger partial charge >= 0.3 is 5.97 Å². The third kappa shape index (κ3) is 2.56. The molecule has 4 nitrogen and oxygen atoms in total. The van der Waals surface area contributed by atoms with E-state index in [0.717, 1.165) is 24.1 Å². The highest BCUT2D eigenvalue weighted by Gasteiger charge is 2.28. The molecular formula is C18H19NO3. The number of fused-ring (bicyclic) bond motifs is 1. The summed E-state index contributed by atoms with van der Waals surface area (Å²) in [5.41, 5.74) is 3.03. The van der Waals surface area contributed by atoms with Crippen molar-refractivity contribution in [2.45, 2.75) is 38.6 Å². The average molecular weight is 297 g/mol. The molecule has 0 radical (unpaired) electrons. The Hall–Kier alpha value is -2.36. The van der Waals surface area contributed by atoms with E-state index >= 15 is 0 Å². The first-order valence-corrected chi connectivity index (χ1v) is 7.61. The van der Waals surface area contributed by atoms with E-state index in [9.17, 15) is 14.7 Å². The van der Waals surface area contributed by atoms with Gasteiger partial charge in [0.05, 0.1) is 11.6 Å². The summed E-state index contributed by atoms with van der Waals surface area (Å²) in [6.45, 7) is 2.66. The zero-order chi connectivity index (χ0) is 15.7. The summed E-state index contributed by atoms with van der Waals surface area (Å²) in [6, 6.07) is 11.1. The number of hydrogen-bond donors (Lipinski definition) is 1. The van der Waals surface area contributed by atoms with Crippen LogP contribution in [-0.2, 0) is 11.3 Å². The van der Waals surface area contributed by atoms with Crippen molar-refractivity contribution in [1.29, 1.82) is 0 Å². The molecule has 1 atom stereocenters. The lowest BCUT2D eigenvalue weighted by atomic mass is 10.0. The van der Waals surface area contributed by atoms with Crippen LogP contribution >= 0.6 is 0 Å². The maximum Gasteiger partial charge on any atom is 0.312 e. The SMILES string of the molecule is Cc1cccc(C(=O)c2ccc3n2CCCCC3C(=O)O)c1. The molecule has 4 heteroatoms. The molecule has 0 fully saturated rings. The van der Waals surface area contributed by atoms with Crippen LogP contribution in [0.15, 0.2) is 36.4 Å². The Morgan fingerprint density at radius 3 is 2.73 bits per heavy atom. The van der Waals surface area contributed by atoms with Crippen molar-refractivity contribution in [2.75, 3.05) is 0 Å². The zero-order valence-electron chi connectivity index (χ0n) is 12.6. The molecule has 1 unspecified atom stereocenters. The van der Waals surface area contributed by atoms with Crippen molar-refractivity contribution in [3.63, 3.8) is 0 Å². The van der Waals surface area contributed by atoms with Gasteiger partial charge in [0.15, 0.2) is 0 Å². The van der Waals surface area contributed by atoms with E-state index < -0.39 is 11.9 Å². The number of benzene rings is 1.